The number of benzene rings is 1. The highest BCUT2D eigenvalue weighted by Crippen LogP contribution is 2.22. The molecule has 1 aliphatic heterocycles. The number of thiophene rings is 1. The molecule has 0 bridgehead atoms. The second kappa shape index (κ2) is 10.2. The normalized spacial score (nSPS) is 17.8. The molecule has 2 aromatic rings. The van der Waals surface area contributed by atoms with Gasteiger partial charge in [-0.2, -0.15) is 0 Å². The Morgan fingerprint density at radius 1 is 1.36 bits per heavy atom. The van der Waals surface area contributed by atoms with Crippen molar-refractivity contribution in [3.05, 3.63) is 51.7 Å². The Labute approximate surface area is 173 Å². The van der Waals surface area contributed by atoms with Gasteiger partial charge in [-0.15, -0.1) is 11.3 Å². The van der Waals surface area contributed by atoms with E-state index >= 15 is 0 Å². The van der Waals surface area contributed by atoms with Gasteiger partial charge >= 0.3 is 0 Å². The minimum absolute atomic E-state index is 0.164. The summed E-state index contributed by atoms with van der Waals surface area (Å²) in [6, 6.07) is 10.4. The summed E-state index contributed by atoms with van der Waals surface area (Å²) < 4.78 is 5.49. The summed E-state index contributed by atoms with van der Waals surface area (Å²) >= 11 is 1.56. The number of para-hydroxylation sites is 1. The van der Waals surface area contributed by atoms with Crippen LogP contribution in [0.15, 0.2) is 35.7 Å². The fourth-order valence-electron chi connectivity index (χ4n) is 4.15. The molecule has 1 fully saturated rings. The molecule has 3 rings (SSSR count). The van der Waals surface area contributed by atoms with E-state index in [1.165, 1.54) is 37.1 Å². The van der Waals surface area contributed by atoms with Gasteiger partial charge in [-0.1, -0.05) is 18.2 Å². The van der Waals surface area contributed by atoms with Crippen molar-refractivity contribution >= 4 is 17.1 Å². The van der Waals surface area contributed by atoms with E-state index < -0.39 is 0 Å². The van der Waals surface area contributed by atoms with Crippen LogP contribution >= 0.6 is 11.3 Å². The third kappa shape index (κ3) is 5.90. The number of hydrogen-bond donors (Lipinski definition) is 0. The van der Waals surface area contributed by atoms with Crippen molar-refractivity contribution in [3.8, 4) is 5.75 Å². The summed E-state index contributed by atoms with van der Waals surface area (Å²) in [6.07, 6.45) is 3.62. The summed E-state index contributed by atoms with van der Waals surface area (Å²) in [5, 5.41) is 2.12. The van der Waals surface area contributed by atoms with Gasteiger partial charge in [0.05, 0.1) is 12.0 Å². The van der Waals surface area contributed by atoms with Gasteiger partial charge in [0.1, 0.15) is 5.75 Å². The molecule has 1 aliphatic rings. The van der Waals surface area contributed by atoms with Crippen LogP contribution in [0.5, 0.6) is 5.75 Å². The van der Waals surface area contributed by atoms with E-state index in [2.05, 4.69) is 34.4 Å². The van der Waals surface area contributed by atoms with E-state index in [-0.39, 0.29) is 5.78 Å². The molecule has 2 heterocycles. The predicted molar refractivity (Wildman–Crippen MR) is 117 cm³/mol. The first-order valence-corrected chi connectivity index (χ1v) is 11.0. The summed E-state index contributed by atoms with van der Waals surface area (Å²) in [7, 11) is 3.94. The van der Waals surface area contributed by atoms with Crippen molar-refractivity contribution in [2.24, 2.45) is 5.92 Å². The average molecular weight is 401 g/mol. The molecule has 152 valence electrons. The maximum absolute atomic E-state index is 11.5. The van der Waals surface area contributed by atoms with Crippen LogP contribution in [0.1, 0.15) is 40.6 Å². The molecule has 0 saturated carbocycles. The molecule has 1 aromatic heterocycles. The van der Waals surface area contributed by atoms with E-state index in [0.29, 0.717) is 5.92 Å². The van der Waals surface area contributed by atoms with E-state index in [1.54, 1.807) is 25.4 Å². The molecule has 1 saturated heterocycles. The lowest BCUT2D eigenvalue weighted by atomic mass is 9.97. The molecule has 4 nitrogen and oxygen atoms in total. The standard InChI is InChI=1S/C23H32N2O2S/c1-18(26)23-13-20(17-28-23)15-24(2)14-19-7-6-11-25(16-19)12-10-21-8-4-5-9-22(21)27-3/h4-5,8-9,13,17,19H,6-7,10-12,14-16H2,1-3H3/t19-/m0/s1. The van der Waals surface area contributed by atoms with Crippen molar-refractivity contribution in [2.45, 2.75) is 32.7 Å². The maximum Gasteiger partial charge on any atom is 0.169 e. The van der Waals surface area contributed by atoms with Crippen molar-refractivity contribution in [1.29, 1.82) is 0 Å². The monoisotopic (exact) mass is 400 g/mol. The molecule has 1 atom stereocenters. The van der Waals surface area contributed by atoms with Crippen molar-refractivity contribution in [3.63, 3.8) is 0 Å². The average Bonchev–Trinajstić information content (AvgIpc) is 3.15. The summed E-state index contributed by atoms with van der Waals surface area (Å²) in [4.78, 5) is 17.4. The largest absolute Gasteiger partial charge is 0.496 e. The molecule has 0 N–H and O–H groups in total. The Hall–Kier alpha value is -1.69. The number of piperidine rings is 1. The topological polar surface area (TPSA) is 32.8 Å². The van der Waals surface area contributed by atoms with Gasteiger partial charge in [0.2, 0.25) is 0 Å². The lowest BCUT2D eigenvalue weighted by Gasteiger charge is -2.34. The first-order valence-electron chi connectivity index (χ1n) is 10.2. The molecule has 5 heteroatoms. The lowest BCUT2D eigenvalue weighted by molar-refractivity contribution is 0.102. The third-order valence-electron chi connectivity index (χ3n) is 5.52. The quantitative estimate of drug-likeness (QED) is 0.586. The minimum Gasteiger partial charge on any atom is -0.496 e. The van der Waals surface area contributed by atoms with Crippen LogP contribution in [0.2, 0.25) is 0 Å². The SMILES string of the molecule is COc1ccccc1CCN1CCC[C@@H](CN(C)Cc2csc(C(C)=O)c2)C1. The number of rotatable bonds is 9. The number of likely N-dealkylation sites (tertiary alicyclic amines) is 1. The lowest BCUT2D eigenvalue weighted by Crippen LogP contribution is -2.40. The first kappa shape index (κ1) is 21.0. The van der Waals surface area contributed by atoms with Gasteiger partial charge in [-0.25, -0.2) is 0 Å². The minimum atomic E-state index is 0.164. The third-order valence-corrected chi connectivity index (χ3v) is 6.60. The molecule has 0 spiro atoms. The molecule has 1 aromatic carbocycles. The van der Waals surface area contributed by atoms with Crippen LogP contribution in [0.4, 0.5) is 0 Å². The predicted octanol–water partition coefficient (Wildman–Crippen LogP) is 4.35. The van der Waals surface area contributed by atoms with E-state index in [4.69, 9.17) is 4.74 Å². The van der Waals surface area contributed by atoms with Crippen LogP contribution in [0.3, 0.4) is 0 Å². The second-order valence-electron chi connectivity index (χ2n) is 7.94. The van der Waals surface area contributed by atoms with Gasteiger partial charge in [-0.05, 0) is 74.3 Å². The van der Waals surface area contributed by atoms with Crippen LogP contribution in [0.25, 0.3) is 0 Å². The highest BCUT2D eigenvalue weighted by atomic mass is 32.1. The number of ketones is 1. The molecule has 0 unspecified atom stereocenters. The Bertz CT molecular complexity index is 773. The van der Waals surface area contributed by atoms with Gasteiger partial charge < -0.3 is 14.5 Å². The smallest absolute Gasteiger partial charge is 0.169 e. The zero-order valence-corrected chi connectivity index (χ0v) is 18.1. The van der Waals surface area contributed by atoms with Crippen molar-refractivity contribution in [1.82, 2.24) is 9.80 Å². The number of ether oxygens (including phenoxy) is 1. The fraction of sp³-hybridized carbons (Fsp3) is 0.522. The van der Waals surface area contributed by atoms with E-state index in [0.717, 1.165) is 36.7 Å². The zero-order valence-electron chi connectivity index (χ0n) is 17.3. The van der Waals surface area contributed by atoms with Crippen LogP contribution in [-0.2, 0) is 13.0 Å². The Morgan fingerprint density at radius 2 is 2.18 bits per heavy atom. The Morgan fingerprint density at radius 3 is 2.93 bits per heavy atom. The number of Topliss-reactive ketones (excluding diaryl/α,β-unsaturated/α-hetero) is 1. The van der Waals surface area contributed by atoms with Gasteiger partial charge in [0.15, 0.2) is 5.78 Å². The highest BCUT2D eigenvalue weighted by Gasteiger charge is 2.21. The van der Waals surface area contributed by atoms with Crippen molar-refractivity contribution < 1.29 is 9.53 Å². The van der Waals surface area contributed by atoms with Gasteiger partial charge in [0.25, 0.3) is 0 Å². The van der Waals surface area contributed by atoms with Gasteiger partial charge in [-0.3, -0.25) is 4.79 Å². The summed E-state index contributed by atoms with van der Waals surface area (Å²) in [5.74, 6) is 1.87. The van der Waals surface area contributed by atoms with Gasteiger partial charge in [0, 0.05) is 26.2 Å². The van der Waals surface area contributed by atoms with Crippen LogP contribution in [0, 0.1) is 5.92 Å². The highest BCUT2D eigenvalue weighted by molar-refractivity contribution is 7.12. The molecular weight excluding hydrogens is 368 g/mol. The molecule has 0 amide bonds. The number of nitrogens with zero attached hydrogens (tertiary/aromatic N) is 2. The summed E-state index contributed by atoms with van der Waals surface area (Å²) in [5.41, 5.74) is 2.55. The fourth-order valence-corrected chi connectivity index (χ4v) is 4.96. The number of hydrogen-bond acceptors (Lipinski definition) is 5. The number of carbonyl (C=O) groups is 1. The number of methoxy groups -OCH3 is 1. The van der Waals surface area contributed by atoms with Crippen molar-refractivity contribution in [2.75, 3.05) is 40.3 Å². The second-order valence-corrected chi connectivity index (χ2v) is 8.85. The maximum atomic E-state index is 11.5. The number of carbonyl (C=O) groups excluding carboxylic acids is 1. The van der Waals surface area contributed by atoms with E-state index in [9.17, 15) is 4.79 Å². The first-order chi connectivity index (χ1) is 13.5. The Balaban J connectivity index is 1.46. The van der Waals surface area contributed by atoms with E-state index in [1.807, 2.05) is 18.2 Å². The molecular formula is C23H32N2O2S. The molecule has 0 radical (unpaired) electrons. The molecule has 28 heavy (non-hydrogen) atoms. The zero-order chi connectivity index (χ0) is 19.9. The summed E-state index contributed by atoms with van der Waals surface area (Å²) in [6.45, 7) is 7.12. The van der Waals surface area contributed by atoms with Crippen LogP contribution < -0.4 is 4.74 Å². The van der Waals surface area contributed by atoms with Crippen LogP contribution in [-0.4, -0.2) is 55.9 Å². The Kier molecular flexibility index (Phi) is 7.65. The molecule has 0 aliphatic carbocycles.